The average Bonchev–Trinajstić information content (AvgIpc) is 3.29. The van der Waals surface area contributed by atoms with Crippen molar-refractivity contribution in [3.63, 3.8) is 0 Å². The molecule has 0 spiro atoms. The molecule has 1 saturated heterocycles. The molecule has 6 heteroatoms. The molecule has 1 atom stereocenters. The van der Waals surface area contributed by atoms with Crippen molar-refractivity contribution >= 4 is 12.0 Å². The zero-order valence-electron chi connectivity index (χ0n) is 14.2. The number of hydrogen-bond donors (Lipinski definition) is 1. The molecule has 0 aromatic carbocycles. The van der Waals surface area contributed by atoms with Gasteiger partial charge in [-0.1, -0.05) is 0 Å². The van der Waals surface area contributed by atoms with Crippen LogP contribution in [0.3, 0.4) is 0 Å². The van der Waals surface area contributed by atoms with E-state index in [4.69, 9.17) is 4.42 Å². The predicted molar refractivity (Wildman–Crippen MR) is 92.2 cm³/mol. The molecule has 3 heterocycles. The van der Waals surface area contributed by atoms with Crippen LogP contribution in [0.4, 0.5) is 0 Å². The van der Waals surface area contributed by atoms with Crippen LogP contribution in [0.15, 0.2) is 35.0 Å². The fourth-order valence-electron chi connectivity index (χ4n) is 3.05. The third-order valence-corrected chi connectivity index (χ3v) is 4.29. The molecule has 2 aromatic heterocycles. The van der Waals surface area contributed by atoms with Crippen LogP contribution in [0, 0.1) is 6.92 Å². The number of furan rings is 1. The van der Waals surface area contributed by atoms with Crippen molar-refractivity contribution in [2.45, 2.75) is 25.8 Å². The molecule has 1 amide bonds. The summed E-state index contributed by atoms with van der Waals surface area (Å²) in [5.41, 5.74) is 0.908. The van der Waals surface area contributed by atoms with Gasteiger partial charge in [0.25, 0.3) is 0 Å². The second-order valence-electron chi connectivity index (χ2n) is 6.23. The highest BCUT2D eigenvalue weighted by Gasteiger charge is 2.26. The lowest BCUT2D eigenvalue weighted by Crippen LogP contribution is -2.36. The van der Waals surface area contributed by atoms with Crippen molar-refractivity contribution < 1.29 is 9.21 Å². The van der Waals surface area contributed by atoms with E-state index in [9.17, 15) is 4.79 Å². The number of aromatic nitrogens is 2. The summed E-state index contributed by atoms with van der Waals surface area (Å²) < 4.78 is 7.51. The number of likely N-dealkylation sites (tertiary alicyclic amines) is 1. The van der Waals surface area contributed by atoms with Crippen molar-refractivity contribution in [1.82, 2.24) is 20.0 Å². The Hall–Kier alpha value is -2.34. The van der Waals surface area contributed by atoms with Gasteiger partial charge in [0.1, 0.15) is 11.5 Å². The van der Waals surface area contributed by atoms with Gasteiger partial charge in [-0.15, -0.1) is 0 Å². The summed E-state index contributed by atoms with van der Waals surface area (Å²) in [6.07, 6.45) is 9.30. The Morgan fingerprint density at radius 3 is 2.83 bits per heavy atom. The second-order valence-corrected chi connectivity index (χ2v) is 6.23. The van der Waals surface area contributed by atoms with Gasteiger partial charge in [0.05, 0.1) is 12.2 Å². The van der Waals surface area contributed by atoms with Gasteiger partial charge in [0, 0.05) is 31.4 Å². The summed E-state index contributed by atoms with van der Waals surface area (Å²) in [6.45, 7) is 4.58. The monoisotopic (exact) mass is 328 g/mol. The second kappa shape index (κ2) is 7.49. The number of nitrogens with zero attached hydrogens (tertiary/aromatic N) is 3. The average molecular weight is 328 g/mol. The fraction of sp³-hybridized carbons (Fsp3) is 0.444. The van der Waals surface area contributed by atoms with Crippen LogP contribution in [-0.2, 0) is 11.8 Å². The molecule has 0 bridgehead atoms. The van der Waals surface area contributed by atoms with Crippen LogP contribution in [0.1, 0.15) is 36.0 Å². The summed E-state index contributed by atoms with van der Waals surface area (Å²) in [5.74, 6) is 1.72. The molecule has 1 aliphatic heterocycles. The quantitative estimate of drug-likeness (QED) is 0.827. The first-order valence-electron chi connectivity index (χ1n) is 8.37. The third-order valence-electron chi connectivity index (χ3n) is 4.29. The Morgan fingerprint density at radius 1 is 1.42 bits per heavy atom. The molecule has 128 valence electrons. The lowest BCUT2D eigenvalue weighted by atomic mass is 10.2. The van der Waals surface area contributed by atoms with Gasteiger partial charge in [0.2, 0.25) is 5.91 Å². The van der Waals surface area contributed by atoms with Gasteiger partial charge in [-0.25, -0.2) is 0 Å². The zero-order chi connectivity index (χ0) is 16.9. The molecular formula is C18H24N4O2. The van der Waals surface area contributed by atoms with Crippen molar-refractivity contribution in [2.75, 3.05) is 19.6 Å². The minimum atomic E-state index is -0.105. The van der Waals surface area contributed by atoms with E-state index >= 15 is 0 Å². The van der Waals surface area contributed by atoms with Gasteiger partial charge in [0.15, 0.2) is 0 Å². The Bertz CT molecular complexity index is 710. The number of amides is 1. The molecular weight excluding hydrogens is 304 g/mol. The van der Waals surface area contributed by atoms with Crippen LogP contribution in [0.2, 0.25) is 0 Å². The normalized spacial score (nSPS) is 16.8. The maximum Gasteiger partial charge on any atom is 0.244 e. The number of nitrogens with one attached hydrogen (secondary N) is 1. The number of carbonyl (C=O) groups is 1. The number of rotatable bonds is 6. The summed E-state index contributed by atoms with van der Waals surface area (Å²) in [4.78, 5) is 14.5. The maximum absolute atomic E-state index is 12.1. The van der Waals surface area contributed by atoms with Gasteiger partial charge >= 0.3 is 0 Å². The minimum Gasteiger partial charge on any atom is -0.465 e. The highest BCUT2D eigenvalue weighted by atomic mass is 16.3. The summed E-state index contributed by atoms with van der Waals surface area (Å²) >= 11 is 0. The van der Waals surface area contributed by atoms with E-state index in [2.05, 4.69) is 15.3 Å². The van der Waals surface area contributed by atoms with Gasteiger partial charge in [-0.3, -0.25) is 14.4 Å². The van der Waals surface area contributed by atoms with Crippen LogP contribution in [-0.4, -0.2) is 40.2 Å². The summed E-state index contributed by atoms with van der Waals surface area (Å²) in [7, 11) is 1.85. The third kappa shape index (κ3) is 4.14. The Labute approximate surface area is 142 Å². The van der Waals surface area contributed by atoms with E-state index < -0.39 is 0 Å². The first-order chi connectivity index (χ1) is 11.6. The molecule has 2 aromatic rings. The molecule has 24 heavy (non-hydrogen) atoms. The molecule has 1 aliphatic rings. The Kier molecular flexibility index (Phi) is 5.15. The van der Waals surface area contributed by atoms with Crippen LogP contribution < -0.4 is 5.32 Å². The van der Waals surface area contributed by atoms with Crippen molar-refractivity contribution in [1.29, 1.82) is 0 Å². The van der Waals surface area contributed by atoms with Crippen molar-refractivity contribution in [3.8, 4) is 0 Å². The van der Waals surface area contributed by atoms with Crippen molar-refractivity contribution in [2.24, 2.45) is 7.05 Å². The van der Waals surface area contributed by atoms with Gasteiger partial charge in [-0.05, 0) is 51.1 Å². The largest absolute Gasteiger partial charge is 0.465 e. The first kappa shape index (κ1) is 16.5. The van der Waals surface area contributed by atoms with E-state index in [1.165, 1.54) is 12.8 Å². The lowest BCUT2D eigenvalue weighted by molar-refractivity contribution is -0.116. The molecule has 1 fully saturated rings. The molecule has 0 aliphatic carbocycles. The summed E-state index contributed by atoms with van der Waals surface area (Å²) in [5, 5.41) is 7.07. The zero-order valence-corrected chi connectivity index (χ0v) is 14.2. The molecule has 0 saturated carbocycles. The van der Waals surface area contributed by atoms with Crippen LogP contribution >= 0.6 is 0 Å². The highest BCUT2D eigenvalue weighted by Crippen LogP contribution is 2.26. The van der Waals surface area contributed by atoms with Crippen LogP contribution in [0.5, 0.6) is 0 Å². The van der Waals surface area contributed by atoms with E-state index in [1.807, 2.05) is 32.3 Å². The molecule has 1 unspecified atom stereocenters. The fourth-order valence-corrected chi connectivity index (χ4v) is 3.05. The van der Waals surface area contributed by atoms with E-state index in [1.54, 1.807) is 23.0 Å². The molecule has 1 N–H and O–H groups in total. The number of hydrogen-bond acceptors (Lipinski definition) is 4. The number of aryl methyl sites for hydroxylation is 2. The first-order valence-corrected chi connectivity index (χ1v) is 8.37. The van der Waals surface area contributed by atoms with Gasteiger partial charge in [-0.2, -0.15) is 5.10 Å². The smallest absolute Gasteiger partial charge is 0.244 e. The predicted octanol–water partition coefficient (Wildman–Crippen LogP) is 2.29. The molecule has 3 rings (SSSR count). The SMILES string of the molecule is Cc1ccc(C(CNC(=O)/C=C/c2cnn(C)c2)N2CCCC2)o1. The minimum absolute atomic E-state index is 0.0944. The van der Waals surface area contributed by atoms with Crippen molar-refractivity contribution in [3.05, 3.63) is 47.7 Å². The topological polar surface area (TPSA) is 63.3 Å². The van der Waals surface area contributed by atoms with E-state index in [-0.39, 0.29) is 11.9 Å². The summed E-state index contributed by atoms with van der Waals surface area (Å²) in [6, 6.07) is 4.08. The number of carbonyl (C=O) groups excluding carboxylic acids is 1. The lowest BCUT2D eigenvalue weighted by Gasteiger charge is -2.25. The van der Waals surface area contributed by atoms with Gasteiger partial charge < -0.3 is 9.73 Å². The maximum atomic E-state index is 12.1. The van der Waals surface area contributed by atoms with E-state index in [0.29, 0.717) is 6.54 Å². The Balaban J connectivity index is 1.60. The molecule has 6 nitrogen and oxygen atoms in total. The van der Waals surface area contributed by atoms with Crippen LogP contribution in [0.25, 0.3) is 6.08 Å². The highest BCUT2D eigenvalue weighted by molar-refractivity contribution is 5.91. The standard InChI is InChI=1S/C18H24N4O2/c1-14-5-7-17(24-14)16(22-9-3-4-10-22)12-19-18(23)8-6-15-11-20-21(2)13-15/h5-8,11,13,16H,3-4,9-10,12H2,1-2H3,(H,19,23)/b8-6+. The molecule has 0 radical (unpaired) electrons. The van der Waals surface area contributed by atoms with E-state index in [0.717, 1.165) is 30.2 Å². The Morgan fingerprint density at radius 2 is 2.21 bits per heavy atom.